The first-order chi connectivity index (χ1) is 9.19. The molecule has 1 fully saturated rings. The summed E-state index contributed by atoms with van der Waals surface area (Å²) in [4.78, 5) is 11.2. The topological polar surface area (TPSA) is 64.3 Å². The van der Waals surface area contributed by atoms with Crippen LogP contribution in [-0.2, 0) is 0 Å². The Balaban J connectivity index is 1.80. The van der Waals surface area contributed by atoms with Gasteiger partial charge in [0.15, 0.2) is 0 Å². The minimum atomic E-state index is -0.419. The van der Waals surface area contributed by atoms with E-state index in [1.165, 1.54) is 12.8 Å². The van der Waals surface area contributed by atoms with Gasteiger partial charge in [0.25, 0.3) is 0 Å². The highest BCUT2D eigenvalue weighted by Crippen LogP contribution is 2.44. The highest BCUT2D eigenvalue weighted by Gasteiger charge is 2.41. The summed E-state index contributed by atoms with van der Waals surface area (Å²) in [7, 11) is 1.63. The van der Waals surface area contributed by atoms with E-state index in [1.807, 2.05) is 0 Å². The van der Waals surface area contributed by atoms with E-state index in [2.05, 4.69) is 17.5 Å². The van der Waals surface area contributed by atoms with Crippen molar-refractivity contribution < 1.29 is 9.53 Å². The number of primary amides is 1. The number of anilines is 1. The molecule has 0 heterocycles. The van der Waals surface area contributed by atoms with Crippen molar-refractivity contribution in [2.45, 2.75) is 18.9 Å². The Morgan fingerprint density at radius 2 is 2.32 bits per heavy atom. The molecule has 100 valence electrons. The fourth-order valence-electron chi connectivity index (χ4n) is 3.06. The van der Waals surface area contributed by atoms with Crippen LogP contribution in [0, 0.1) is 11.8 Å². The summed E-state index contributed by atoms with van der Waals surface area (Å²) in [5, 5.41) is 3.48. The van der Waals surface area contributed by atoms with Gasteiger partial charge < -0.3 is 15.8 Å². The second-order valence-corrected chi connectivity index (χ2v) is 5.27. The number of carbonyl (C=O) groups is 1. The Morgan fingerprint density at radius 1 is 1.47 bits per heavy atom. The number of benzene rings is 1. The fourth-order valence-corrected chi connectivity index (χ4v) is 3.06. The summed E-state index contributed by atoms with van der Waals surface area (Å²) >= 11 is 0. The van der Waals surface area contributed by atoms with Crippen molar-refractivity contribution in [1.29, 1.82) is 0 Å². The first-order valence-electron chi connectivity index (χ1n) is 6.60. The van der Waals surface area contributed by atoms with Crippen LogP contribution in [0.25, 0.3) is 0 Å². The average molecular weight is 258 g/mol. The number of methoxy groups -OCH3 is 1. The molecule has 0 aromatic heterocycles. The minimum Gasteiger partial charge on any atom is -0.495 e. The van der Waals surface area contributed by atoms with Crippen molar-refractivity contribution in [3.63, 3.8) is 0 Å². The van der Waals surface area contributed by atoms with Gasteiger partial charge in [0.05, 0.1) is 12.8 Å². The molecule has 4 nitrogen and oxygen atoms in total. The van der Waals surface area contributed by atoms with Crippen LogP contribution in [0.15, 0.2) is 30.4 Å². The van der Waals surface area contributed by atoms with Crippen molar-refractivity contribution in [3.05, 3.63) is 35.9 Å². The molecule has 3 atom stereocenters. The van der Waals surface area contributed by atoms with Gasteiger partial charge in [-0.15, -0.1) is 0 Å². The van der Waals surface area contributed by atoms with Crippen molar-refractivity contribution in [2.75, 3.05) is 12.4 Å². The van der Waals surface area contributed by atoms with Crippen LogP contribution in [0.5, 0.6) is 5.75 Å². The Labute approximate surface area is 112 Å². The minimum absolute atomic E-state index is 0.419. The smallest absolute Gasteiger partial charge is 0.248 e. The summed E-state index contributed by atoms with van der Waals surface area (Å²) in [6, 6.07) is 5.67. The second-order valence-electron chi connectivity index (χ2n) is 5.27. The molecule has 3 N–H and O–H groups in total. The Morgan fingerprint density at radius 3 is 3.00 bits per heavy atom. The van der Waals surface area contributed by atoms with Gasteiger partial charge in [0.1, 0.15) is 5.75 Å². The molecule has 2 aliphatic carbocycles. The number of nitrogens with two attached hydrogens (primary N) is 1. The van der Waals surface area contributed by atoms with Crippen molar-refractivity contribution in [3.8, 4) is 5.75 Å². The molecule has 0 bridgehead atoms. The summed E-state index contributed by atoms with van der Waals surface area (Å²) < 4.78 is 5.33. The molecule has 19 heavy (non-hydrogen) atoms. The van der Waals surface area contributed by atoms with E-state index in [4.69, 9.17) is 10.5 Å². The first-order valence-corrected chi connectivity index (χ1v) is 6.60. The maximum absolute atomic E-state index is 11.2. The lowest BCUT2D eigenvalue weighted by molar-refractivity contribution is 0.100. The molecule has 3 rings (SSSR count). The SMILES string of the molecule is COc1ccc(C(N)=O)cc1NC1CC2CC=CC21. The Hall–Kier alpha value is -1.97. The van der Waals surface area contributed by atoms with Crippen molar-refractivity contribution >= 4 is 11.6 Å². The zero-order chi connectivity index (χ0) is 13.4. The Bertz CT molecular complexity index is 539. The number of allylic oxidation sites excluding steroid dienone is 1. The van der Waals surface area contributed by atoms with Gasteiger partial charge in [-0.25, -0.2) is 0 Å². The first kappa shape index (κ1) is 12.1. The molecular weight excluding hydrogens is 240 g/mol. The molecule has 4 heteroatoms. The third kappa shape index (κ3) is 2.07. The molecule has 1 aromatic carbocycles. The third-order valence-electron chi connectivity index (χ3n) is 4.19. The zero-order valence-corrected chi connectivity index (χ0v) is 10.9. The van der Waals surface area contributed by atoms with Gasteiger partial charge in [-0.2, -0.15) is 0 Å². The molecule has 2 aliphatic rings. The van der Waals surface area contributed by atoms with Gasteiger partial charge in [-0.1, -0.05) is 12.2 Å². The maximum Gasteiger partial charge on any atom is 0.248 e. The molecule has 1 saturated carbocycles. The van der Waals surface area contributed by atoms with Crippen LogP contribution in [0.4, 0.5) is 5.69 Å². The fraction of sp³-hybridized carbons (Fsp3) is 0.400. The number of ether oxygens (including phenoxy) is 1. The number of carbonyl (C=O) groups excluding carboxylic acids is 1. The normalized spacial score (nSPS) is 27.5. The second kappa shape index (κ2) is 4.61. The maximum atomic E-state index is 11.2. The third-order valence-corrected chi connectivity index (χ3v) is 4.19. The van der Waals surface area contributed by atoms with Gasteiger partial charge in [-0.05, 0) is 37.0 Å². The van der Waals surface area contributed by atoms with Gasteiger partial charge in [0.2, 0.25) is 5.91 Å². The predicted molar refractivity (Wildman–Crippen MR) is 74.3 cm³/mol. The number of nitrogens with one attached hydrogen (secondary N) is 1. The summed E-state index contributed by atoms with van der Waals surface area (Å²) in [6.07, 6.45) is 6.91. The molecular formula is C15H18N2O2. The van der Waals surface area contributed by atoms with E-state index in [0.717, 1.165) is 17.4 Å². The summed E-state index contributed by atoms with van der Waals surface area (Å²) in [5.41, 5.74) is 6.67. The molecule has 0 spiro atoms. The van der Waals surface area contributed by atoms with Crippen molar-refractivity contribution in [2.24, 2.45) is 17.6 Å². The van der Waals surface area contributed by atoms with E-state index in [9.17, 15) is 4.79 Å². The molecule has 0 aliphatic heterocycles. The standard InChI is InChI=1S/C15H18N2O2/c1-19-14-6-5-10(15(16)18)8-13(14)17-12-7-9-3-2-4-11(9)12/h2,4-6,8-9,11-12,17H,3,7H2,1H3,(H2,16,18). The molecule has 0 radical (unpaired) electrons. The molecule has 1 amide bonds. The van der Waals surface area contributed by atoms with Crippen LogP contribution in [0.1, 0.15) is 23.2 Å². The summed E-state index contributed by atoms with van der Waals surface area (Å²) in [5.74, 6) is 1.73. The van der Waals surface area contributed by atoms with Crippen LogP contribution in [0.2, 0.25) is 0 Å². The highest BCUT2D eigenvalue weighted by molar-refractivity contribution is 5.94. The van der Waals surface area contributed by atoms with E-state index in [-0.39, 0.29) is 0 Å². The van der Waals surface area contributed by atoms with E-state index < -0.39 is 5.91 Å². The van der Waals surface area contributed by atoms with Crippen molar-refractivity contribution in [1.82, 2.24) is 0 Å². The molecule has 1 aromatic rings. The number of amides is 1. The lowest BCUT2D eigenvalue weighted by Crippen LogP contribution is -2.43. The predicted octanol–water partition coefficient (Wildman–Crippen LogP) is 2.17. The lowest BCUT2D eigenvalue weighted by atomic mass is 9.71. The van der Waals surface area contributed by atoms with Crippen LogP contribution in [-0.4, -0.2) is 19.1 Å². The largest absolute Gasteiger partial charge is 0.495 e. The van der Waals surface area contributed by atoms with Crippen LogP contribution < -0.4 is 15.8 Å². The van der Waals surface area contributed by atoms with Crippen LogP contribution in [0.3, 0.4) is 0 Å². The van der Waals surface area contributed by atoms with Gasteiger partial charge in [0, 0.05) is 17.5 Å². The zero-order valence-electron chi connectivity index (χ0n) is 10.9. The van der Waals surface area contributed by atoms with E-state index >= 15 is 0 Å². The van der Waals surface area contributed by atoms with Gasteiger partial charge in [-0.3, -0.25) is 4.79 Å². The number of hydrogen-bond donors (Lipinski definition) is 2. The number of rotatable bonds is 4. The highest BCUT2D eigenvalue weighted by atomic mass is 16.5. The van der Waals surface area contributed by atoms with Gasteiger partial charge >= 0.3 is 0 Å². The number of fused-ring (bicyclic) bond motifs is 1. The van der Waals surface area contributed by atoms with Crippen LogP contribution >= 0.6 is 0 Å². The average Bonchev–Trinajstić information content (AvgIpc) is 2.77. The van der Waals surface area contributed by atoms with E-state index in [0.29, 0.717) is 17.5 Å². The monoisotopic (exact) mass is 258 g/mol. The Kier molecular flexibility index (Phi) is 2.93. The summed E-state index contributed by atoms with van der Waals surface area (Å²) in [6.45, 7) is 0. The quantitative estimate of drug-likeness (QED) is 0.813. The molecule has 3 unspecified atom stereocenters. The number of hydrogen-bond acceptors (Lipinski definition) is 3. The van der Waals surface area contributed by atoms with E-state index in [1.54, 1.807) is 25.3 Å². The molecule has 0 saturated heterocycles. The lowest BCUT2D eigenvalue weighted by Gasteiger charge is -2.41.